The van der Waals surface area contributed by atoms with Gasteiger partial charge in [0, 0.05) is 6.54 Å². The van der Waals surface area contributed by atoms with Gasteiger partial charge in [-0.15, -0.1) is 0 Å². The number of ether oxygens (including phenoxy) is 1. The topological polar surface area (TPSA) is 75.7 Å². The molecule has 1 N–H and O–H groups in total. The largest absolute Gasteiger partial charge is 0.497 e. The van der Waals surface area contributed by atoms with Crippen LogP contribution in [0.15, 0.2) is 42.5 Å². The number of anilines is 1. The van der Waals surface area contributed by atoms with E-state index in [0.717, 1.165) is 41.5 Å². The normalized spacial score (nSPS) is 12.3. The van der Waals surface area contributed by atoms with Crippen LogP contribution in [0.25, 0.3) is 0 Å². The zero-order valence-corrected chi connectivity index (χ0v) is 19.3. The molecule has 0 bridgehead atoms. The Morgan fingerprint density at radius 3 is 2.47 bits per heavy atom. The van der Waals surface area contributed by atoms with Gasteiger partial charge in [-0.25, -0.2) is 8.42 Å². The zero-order valence-electron chi connectivity index (χ0n) is 18.4. The minimum atomic E-state index is -3.63. The highest BCUT2D eigenvalue weighted by Crippen LogP contribution is 2.25. The quantitative estimate of drug-likeness (QED) is 0.582. The van der Waals surface area contributed by atoms with Crippen molar-refractivity contribution in [2.45, 2.75) is 46.1 Å². The molecule has 164 valence electrons. The van der Waals surface area contributed by atoms with Gasteiger partial charge in [-0.1, -0.05) is 25.1 Å². The van der Waals surface area contributed by atoms with Crippen molar-refractivity contribution in [1.82, 2.24) is 5.32 Å². The number of carbonyl (C=O) groups excluding carboxylic acids is 1. The summed E-state index contributed by atoms with van der Waals surface area (Å²) in [4.78, 5) is 12.9. The first kappa shape index (κ1) is 23.7. The zero-order chi connectivity index (χ0) is 22.3. The number of hydrogen-bond donors (Lipinski definition) is 1. The molecular formula is C23H32N2O4S. The molecule has 0 aliphatic rings. The standard InChI is InChI=1S/C23H32N2O4S/c1-6-22(25(30(5,27)28)20-13-12-17(2)18(3)15-20)23(26)24-14-8-10-19-9-7-11-21(16-19)29-4/h7,9,11-13,15-16,22H,6,8,10,14H2,1-5H3,(H,24,26). The predicted molar refractivity (Wildman–Crippen MR) is 122 cm³/mol. The summed E-state index contributed by atoms with van der Waals surface area (Å²) >= 11 is 0. The van der Waals surface area contributed by atoms with E-state index in [0.29, 0.717) is 18.7 Å². The molecule has 0 aliphatic carbocycles. The van der Waals surface area contributed by atoms with E-state index in [4.69, 9.17) is 4.74 Å². The van der Waals surface area contributed by atoms with E-state index in [1.807, 2.05) is 57.2 Å². The van der Waals surface area contributed by atoms with Crippen molar-refractivity contribution in [1.29, 1.82) is 0 Å². The summed E-state index contributed by atoms with van der Waals surface area (Å²) < 4.78 is 31.5. The molecule has 1 amide bonds. The van der Waals surface area contributed by atoms with Crippen molar-refractivity contribution in [3.05, 3.63) is 59.2 Å². The number of nitrogens with zero attached hydrogens (tertiary/aromatic N) is 1. The van der Waals surface area contributed by atoms with Crippen molar-refractivity contribution in [3.8, 4) is 5.75 Å². The van der Waals surface area contributed by atoms with Crippen LogP contribution in [0.1, 0.15) is 36.5 Å². The summed E-state index contributed by atoms with van der Waals surface area (Å²) in [6.45, 7) is 6.19. The first-order valence-corrected chi connectivity index (χ1v) is 12.0. The van der Waals surface area contributed by atoms with Gasteiger partial charge in [0.1, 0.15) is 11.8 Å². The van der Waals surface area contributed by atoms with Crippen LogP contribution in [-0.4, -0.2) is 40.3 Å². The molecule has 0 fully saturated rings. The van der Waals surface area contributed by atoms with Gasteiger partial charge >= 0.3 is 0 Å². The highest BCUT2D eigenvalue weighted by atomic mass is 32.2. The van der Waals surface area contributed by atoms with Gasteiger partial charge in [-0.05, 0) is 74.1 Å². The maximum Gasteiger partial charge on any atom is 0.243 e. The molecule has 1 atom stereocenters. The number of hydrogen-bond acceptors (Lipinski definition) is 4. The van der Waals surface area contributed by atoms with Crippen molar-refractivity contribution < 1.29 is 17.9 Å². The molecule has 0 saturated carbocycles. The van der Waals surface area contributed by atoms with Crippen LogP contribution >= 0.6 is 0 Å². The summed E-state index contributed by atoms with van der Waals surface area (Å²) in [6.07, 6.45) is 3.06. The van der Waals surface area contributed by atoms with Gasteiger partial charge in [-0.3, -0.25) is 9.10 Å². The number of sulfonamides is 1. The van der Waals surface area contributed by atoms with E-state index in [1.165, 1.54) is 4.31 Å². The number of amides is 1. The maximum atomic E-state index is 12.9. The third-order valence-corrected chi connectivity index (χ3v) is 6.33. The lowest BCUT2D eigenvalue weighted by atomic mass is 10.1. The van der Waals surface area contributed by atoms with Gasteiger partial charge < -0.3 is 10.1 Å². The molecule has 6 nitrogen and oxygen atoms in total. The van der Waals surface area contributed by atoms with Crippen molar-refractivity contribution >= 4 is 21.6 Å². The highest BCUT2D eigenvalue weighted by molar-refractivity contribution is 7.92. The van der Waals surface area contributed by atoms with Crippen molar-refractivity contribution in [2.75, 3.05) is 24.2 Å². The smallest absolute Gasteiger partial charge is 0.243 e. The molecule has 0 aliphatic heterocycles. The Hall–Kier alpha value is -2.54. The number of methoxy groups -OCH3 is 1. The number of aryl methyl sites for hydroxylation is 3. The Labute approximate surface area is 180 Å². The van der Waals surface area contributed by atoms with Gasteiger partial charge in [0.25, 0.3) is 0 Å². The first-order valence-electron chi connectivity index (χ1n) is 10.1. The van der Waals surface area contributed by atoms with Gasteiger partial charge in [0.15, 0.2) is 0 Å². The number of nitrogens with one attached hydrogen (secondary N) is 1. The summed E-state index contributed by atoms with van der Waals surface area (Å²) in [5.74, 6) is 0.520. The summed E-state index contributed by atoms with van der Waals surface area (Å²) in [5.41, 5.74) is 3.69. The van der Waals surface area contributed by atoms with Gasteiger partial charge in [0.05, 0.1) is 19.1 Å². The molecule has 2 aromatic rings. The Morgan fingerprint density at radius 2 is 1.87 bits per heavy atom. The third kappa shape index (κ3) is 6.23. The van der Waals surface area contributed by atoms with Crippen LogP contribution in [0.5, 0.6) is 5.75 Å². The second kappa shape index (κ2) is 10.5. The third-order valence-electron chi connectivity index (χ3n) is 5.15. The number of carbonyl (C=O) groups is 1. The molecule has 30 heavy (non-hydrogen) atoms. The second-order valence-electron chi connectivity index (χ2n) is 7.50. The molecule has 0 saturated heterocycles. The lowest BCUT2D eigenvalue weighted by Crippen LogP contribution is -2.49. The Balaban J connectivity index is 2.07. The average molecular weight is 433 g/mol. The number of benzene rings is 2. The average Bonchev–Trinajstić information content (AvgIpc) is 2.70. The molecule has 1 unspecified atom stereocenters. The fourth-order valence-corrected chi connectivity index (χ4v) is 4.58. The lowest BCUT2D eigenvalue weighted by Gasteiger charge is -2.30. The summed E-state index contributed by atoms with van der Waals surface area (Å²) in [6, 6.07) is 12.5. The molecule has 0 spiro atoms. The van der Waals surface area contributed by atoms with E-state index in [-0.39, 0.29) is 5.91 Å². The Morgan fingerprint density at radius 1 is 1.13 bits per heavy atom. The van der Waals surface area contributed by atoms with E-state index in [1.54, 1.807) is 13.2 Å². The van der Waals surface area contributed by atoms with Crippen LogP contribution < -0.4 is 14.4 Å². The second-order valence-corrected chi connectivity index (χ2v) is 9.36. The van der Waals surface area contributed by atoms with Gasteiger partial charge in [-0.2, -0.15) is 0 Å². The fraction of sp³-hybridized carbons (Fsp3) is 0.435. The molecule has 2 aromatic carbocycles. The van der Waals surface area contributed by atoms with Crippen LogP contribution in [0, 0.1) is 13.8 Å². The van der Waals surface area contributed by atoms with Crippen molar-refractivity contribution in [2.24, 2.45) is 0 Å². The van der Waals surface area contributed by atoms with Crippen LogP contribution in [0.4, 0.5) is 5.69 Å². The molecule has 7 heteroatoms. The first-order chi connectivity index (χ1) is 14.2. The van der Waals surface area contributed by atoms with E-state index < -0.39 is 16.1 Å². The highest BCUT2D eigenvalue weighted by Gasteiger charge is 2.31. The number of rotatable bonds is 10. The monoisotopic (exact) mass is 432 g/mol. The van der Waals surface area contributed by atoms with Crippen LogP contribution in [0.2, 0.25) is 0 Å². The van der Waals surface area contributed by atoms with Gasteiger partial charge in [0.2, 0.25) is 15.9 Å². The Kier molecular flexibility index (Phi) is 8.29. The van der Waals surface area contributed by atoms with Crippen LogP contribution in [-0.2, 0) is 21.2 Å². The molecule has 0 radical (unpaired) electrons. The molecule has 2 rings (SSSR count). The minimum absolute atomic E-state index is 0.285. The van der Waals surface area contributed by atoms with Crippen LogP contribution in [0.3, 0.4) is 0 Å². The SMILES string of the molecule is CCC(C(=O)NCCCc1cccc(OC)c1)N(c1ccc(C)c(C)c1)S(C)(=O)=O. The predicted octanol–water partition coefficient (Wildman–Crippen LogP) is 3.61. The molecule has 0 heterocycles. The van der Waals surface area contributed by atoms with E-state index in [9.17, 15) is 13.2 Å². The Bertz CT molecular complexity index is 973. The molecular weight excluding hydrogens is 400 g/mol. The summed E-state index contributed by atoms with van der Waals surface area (Å²) in [5, 5.41) is 2.90. The van der Waals surface area contributed by atoms with Crippen molar-refractivity contribution in [3.63, 3.8) is 0 Å². The van der Waals surface area contributed by atoms with E-state index in [2.05, 4.69) is 5.32 Å². The fourth-order valence-electron chi connectivity index (χ4n) is 3.37. The minimum Gasteiger partial charge on any atom is -0.497 e. The van der Waals surface area contributed by atoms with E-state index >= 15 is 0 Å². The summed E-state index contributed by atoms with van der Waals surface area (Å²) in [7, 11) is -1.99. The lowest BCUT2D eigenvalue weighted by molar-refractivity contribution is -0.122. The molecule has 0 aromatic heterocycles. The maximum absolute atomic E-state index is 12.9.